The second-order valence-corrected chi connectivity index (χ2v) is 53.1. The topological polar surface area (TPSA) is 46.2 Å². The first-order valence-corrected chi connectivity index (χ1v) is 39.1. The first-order valence-electron chi connectivity index (χ1n) is 11.7. The Labute approximate surface area is 217 Å². The molecule has 0 N–H and O–H groups in total. The van der Waals surface area contributed by atoms with E-state index >= 15 is 0 Å². The Morgan fingerprint density at radius 2 is 0.879 bits per heavy atom. The fourth-order valence-electron chi connectivity index (χ4n) is 4.41. The van der Waals surface area contributed by atoms with Gasteiger partial charge in [-0.2, -0.15) is 0 Å². The van der Waals surface area contributed by atoms with Crippen LogP contribution in [-0.2, 0) is 4.12 Å². The van der Waals surface area contributed by atoms with Gasteiger partial charge < -0.3 is 0 Å². The summed E-state index contributed by atoms with van der Waals surface area (Å²) in [5.41, 5.74) is 0. The van der Waals surface area contributed by atoms with Crippen LogP contribution in [-0.4, -0.2) is 79.8 Å². The second-order valence-electron chi connectivity index (χ2n) is 11.9. The molecule has 0 atom stereocenters. The molecule has 0 unspecified atom stereocenters. The van der Waals surface area contributed by atoms with Crippen LogP contribution in [0.3, 0.4) is 0 Å². The average molecular weight is 740 g/mol. The molecule has 33 heavy (non-hydrogen) atoms. The number of ether oxygens (including phenoxy) is 4. The van der Waals surface area contributed by atoms with Gasteiger partial charge in [-0.3, -0.25) is 0 Å². The predicted octanol–water partition coefficient (Wildman–Crippen LogP) is 3.98. The van der Waals surface area contributed by atoms with Crippen molar-refractivity contribution in [3.8, 4) is 23.0 Å². The van der Waals surface area contributed by atoms with Crippen LogP contribution in [0.25, 0.3) is 0 Å². The zero-order valence-electron chi connectivity index (χ0n) is 21.7. The third kappa shape index (κ3) is 5.20. The van der Waals surface area contributed by atoms with Crippen LogP contribution < -0.4 is 33.7 Å². The quantitative estimate of drug-likeness (QED) is 0.420. The summed E-state index contributed by atoms with van der Waals surface area (Å²) in [4.78, 5) is 14.7. The maximum absolute atomic E-state index is 7.26. The Kier molecular flexibility index (Phi) is 7.40. The number of thiophene rings is 2. The van der Waals surface area contributed by atoms with E-state index < -0.39 is 53.4 Å². The van der Waals surface area contributed by atoms with Crippen molar-refractivity contribution in [2.24, 2.45) is 0 Å². The van der Waals surface area contributed by atoms with Gasteiger partial charge >= 0.3 is 219 Å². The minimum absolute atomic E-state index is 0.618. The van der Waals surface area contributed by atoms with Crippen LogP contribution in [0.5, 0.6) is 23.0 Å². The van der Waals surface area contributed by atoms with Gasteiger partial charge in [-0.05, 0) is 0 Å². The molecule has 2 aliphatic rings. The summed E-state index contributed by atoms with van der Waals surface area (Å²) in [5, 5.41) is 0. The molecule has 4 rings (SSSR count). The summed E-state index contributed by atoms with van der Waals surface area (Å²) in [5.74, 6) is 4.02. The molecule has 2 aromatic rings. The van der Waals surface area contributed by atoms with E-state index in [1.807, 2.05) is 22.7 Å². The summed E-state index contributed by atoms with van der Waals surface area (Å²) in [7, 11) is -4.56. The van der Waals surface area contributed by atoms with Crippen molar-refractivity contribution >= 4 is 90.8 Å². The van der Waals surface area contributed by atoms with Crippen molar-refractivity contribution in [1.82, 2.24) is 0 Å². The summed E-state index contributed by atoms with van der Waals surface area (Å²) >= 11 is -0.887. The predicted molar refractivity (Wildman–Crippen MR) is 152 cm³/mol. The molecular weight excluding hydrogens is 702 g/mol. The van der Waals surface area contributed by atoms with Gasteiger partial charge in [0.15, 0.2) is 0 Å². The molecule has 5 nitrogen and oxygen atoms in total. The fraction of sp³-hybridized carbons (Fsp3) is 0.636. The first kappa shape index (κ1) is 26.6. The number of hydrogen-bond acceptors (Lipinski definition) is 7. The molecule has 0 spiro atoms. The van der Waals surface area contributed by atoms with Crippen LogP contribution in [0.4, 0.5) is 0 Å². The molecule has 0 aromatic carbocycles. The van der Waals surface area contributed by atoms with Gasteiger partial charge in [0.25, 0.3) is 0 Å². The summed E-state index contributed by atoms with van der Waals surface area (Å²) in [6.07, 6.45) is 0. The zero-order chi connectivity index (χ0) is 24.4. The van der Waals surface area contributed by atoms with E-state index in [1.54, 1.807) is 0 Å². The molecule has 4 heterocycles. The fourth-order valence-corrected chi connectivity index (χ4v) is 30.7. The van der Waals surface area contributed by atoms with Crippen molar-refractivity contribution in [1.29, 1.82) is 0 Å². The van der Waals surface area contributed by atoms with E-state index in [9.17, 15) is 0 Å². The van der Waals surface area contributed by atoms with Gasteiger partial charge in [0.2, 0.25) is 0 Å². The molecule has 2 aromatic heterocycles. The Morgan fingerprint density at radius 1 is 0.576 bits per heavy atom. The third-order valence-corrected chi connectivity index (χ3v) is 36.6. The SMILES string of the molecule is C[Si](C)(O[Si](C)(C)c1s[c]([Sn]([CH3])([CH3])[CH3])c2c1OCCO2)c1s[c]([Sn]([CH3])([CH3])[CH3])c2c1OCCO2. The summed E-state index contributed by atoms with van der Waals surface area (Å²) in [6.45, 7) is 11.8. The van der Waals surface area contributed by atoms with E-state index in [0.717, 1.165) is 23.0 Å². The first-order chi connectivity index (χ1) is 15.1. The van der Waals surface area contributed by atoms with E-state index in [1.165, 1.54) is 14.8 Å². The van der Waals surface area contributed by atoms with Gasteiger partial charge in [-0.1, -0.05) is 0 Å². The Morgan fingerprint density at radius 3 is 1.18 bits per heavy atom. The van der Waals surface area contributed by atoms with Crippen molar-refractivity contribution in [3.63, 3.8) is 0 Å². The van der Waals surface area contributed by atoms with Crippen molar-refractivity contribution < 1.29 is 23.1 Å². The van der Waals surface area contributed by atoms with E-state index in [2.05, 4.69) is 55.8 Å². The standard InChI is InChI=1S/C16H20O5S2Si2.6CH3.2Sn/c1-24(2,15-13-11(9-22-15)17-5-7-19-13)21-25(3,4)16-14-12(10-23-16)18-6-8-20-14;;;;;;;;/h5-8H2,1-4H3;6*1H3;;. The monoisotopic (exact) mass is 742 g/mol. The molecule has 0 saturated heterocycles. The second kappa shape index (κ2) is 9.16. The molecule has 0 fully saturated rings. The summed E-state index contributed by atoms with van der Waals surface area (Å²) < 4.78 is 37.6. The molecule has 0 saturated carbocycles. The molecule has 0 bridgehead atoms. The van der Waals surface area contributed by atoms with Gasteiger partial charge in [0.05, 0.1) is 0 Å². The molecule has 2 aliphatic heterocycles. The van der Waals surface area contributed by atoms with E-state index in [-0.39, 0.29) is 0 Å². The van der Waals surface area contributed by atoms with Crippen molar-refractivity contribution in [2.45, 2.75) is 55.8 Å². The Bertz CT molecular complexity index is 969. The van der Waals surface area contributed by atoms with Crippen LogP contribution in [0.2, 0.25) is 55.8 Å². The Balaban J connectivity index is 1.75. The zero-order valence-corrected chi connectivity index (χ0v) is 31.0. The van der Waals surface area contributed by atoms with E-state index in [0.29, 0.717) is 26.4 Å². The normalized spacial score (nSPS) is 16.8. The molecule has 0 amide bonds. The average Bonchev–Trinajstić information content (AvgIpc) is 3.27. The van der Waals surface area contributed by atoms with E-state index in [4.69, 9.17) is 23.1 Å². The number of rotatable bonds is 6. The van der Waals surface area contributed by atoms with Crippen molar-refractivity contribution in [2.75, 3.05) is 26.4 Å². The maximum atomic E-state index is 7.26. The molecule has 0 aliphatic carbocycles. The molecule has 11 heteroatoms. The molecule has 0 radical (unpaired) electrons. The van der Waals surface area contributed by atoms with Gasteiger partial charge in [0, 0.05) is 0 Å². The summed E-state index contributed by atoms with van der Waals surface area (Å²) in [6, 6.07) is 0. The Hall–Kier alpha value is 0.591. The van der Waals surface area contributed by atoms with Crippen LogP contribution in [0, 0.1) is 0 Å². The number of fused-ring (bicyclic) bond motifs is 2. The van der Waals surface area contributed by atoms with Gasteiger partial charge in [-0.15, -0.1) is 0 Å². The van der Waals surface area contributed by atoms with Gasteiger partial charge in [0.1, 0.15) is 0 Å². The number of hydrogen-bond donors (Lipinski definition) is 0. The van der Waals surface area contributed by atoms with Crippen LogP contribution in [0.15, 0.2) is 0 Å². The third-order valence-electron chi connectivity index (χ3n) is 5.76. The van der Waals surface area contributed by atoms with Crippen molar-refractivity contribution in [3.05, 3.63) is 0 Å². The minimum atomic E-state index is -2.37. The molecular formula is C22H38O5S2Si2Sn2. The van der Waals surface area contributed by atoms with Crippen LogP contribution >= 0.6 is 22.7 Å². The van der Waals surface area contributed by atoms with Crippen LogP contribution in [0.1, 0.15) is 0 Å². The molecule has 184 valence electrons. The van der Waals surface area contributed by atoms with Gasteiger partial charge in [-0.25, -0.2) is 0 Å².